The summed E-state index contributed by atoms with van der Waals surface area (Å²) < 4.78 is 1.67. The molecule has 0 saturated heterocycles. The summed E-state index contributed by atoms with van der Waals surface area (Å²) in [7, 11) is 0. The highest BCUT2D eigenvalue weighted by Gasteiger charge is 2.24. The first-order valence-corrected chi connectivity index (χ1v) is 6.06. The van der Waals surface area contributed by atoms with Crippen LogP contribution in [0.2, 0.25) is 0 Å². The van der Waals surface area contributed by atoms with Crippen LogP contribution in [0.5, 0.6) is 0 Å². The number of aromatic amines is 1. The van der Waals surface area contributed by atoms with Crippen LogP contribution < -0.4 is 4.90 Å². The molecule has 0 aromatic carbocycles. The molecule has 0 saturated carbocycles. The van der Waals surface area contributed by atoms with E-state index in [-0.39, 0.29) is 12.5 Å². The van der Waals surface area contributed by atoms with Crippen LogP contribution in [-0.4, -0.2) is 32.4 Å². The standard InChI is InChI=1S/C12H15N5O/c1-9-5-14-16(7-9)8-12(18)17-4-2-3-10-11(17)6-13-15-10/h5-7H,2-4,8H2,1H3,(H,13,15). The molecule has 0 atom stereocenters. The first-order chi connectivity index (χ1) is 8.74. The summed E-state index contributed by atoms with van der Waals surface area (Å²) in [6, 6.07) is 0. The minimum Gasteiger partial charge on any atom is -0.308 e. The van der Waals surface area contributed by atoms with Crippen molar-refractivity contribution in [1.29, 1.82) is 0 Å². The first kappa shape index (κ1) is 11.0. The third-order valence-corrected chi connectivity index (χ3v) is 3.16. The number of amides is 1. The second-order valence-corrected chi connectivity index (χ2v) is 4.60. The number of nitrogens with one attached hydrogen (secondary N) is 1. The van der Waals surface area contributed by atoms with Crippen LogP contribution in [0.25, 0.3) is 0 Å². The van der Waals surface area contributed by atoms with Crippen molar-refractivity contribution >= 4 is 11.6 Å². The summed E-state index contributed by atoms with van der Waals surface area (Å²) in [5.41, 5.74) is 3.02. The molecule has 6 nitrogen and oxygen atoms in total. The fraction of sp³-hybridized carbons (Fsp3) is 0.417. The number of fused-ring (bicyclic) bond motifs is 1. The molecule has 1 aliphatic rings. The number of hydrogen-bond acceptors (Lipinski definition) is 3. The van der Waals surface area contributed by atoms with Gasteiger partial charge in [0, 0.05) is 12.7 Å². The number of hydrogen-bond donors (Lipinski definition) is 1. The van der Waals surface area contributed by atoms with E-state index in [1.54, 1.807) is 22.0 Å². The summed E-state index contributed by atoms with van der Waals surface area (Å²) in [5.74, 6) is 0.0560. The van der Waals surface area contributed by atoms with Crippen LogP contribution >= 0.6 is 0 Å². The summed E-state index contributed by atoms with van der Waals surface area (Å²) in [5, 5.41) is 11.1. The van der Waals surface area contributed by atoms with E-state index in [4.69, 9.17) is 0 Å². The van der Waals surface area contributed by atoms with E-state index in [0.717, 1.165) is 36.3 Å². The average Bonchev–Trinajstić information content (AvgIpc) is 2.97. The van der Waals surface area contributed by atoms with Crippen molar-refractivity contribution in [3.8, 4) is 0 Å². The van der Waals surface area contributed by atoms with Gasteiger partial charge < -0.3 is 4.90 Å². The Morgan fingerprint density at radius 2 is 2.39 bits per heavy atom. The van der Waals surface area contributed by atoms with E-state index in [1.807, 2.05) is 13.1 Å². The number of aryl methyl sites for hydroxylation is 2. The topological polar surface area (TPSA) is 66.8 Å². The predicted molar refractivity (Wildman–Crippen MR) is 66.2 cm³/mol. The molecule has 1 aliphatic heterocycles. The van der Waals surface area contributed by atoms with Gasteiger partial charge in [-0.15, -0.1) is 0 Å². The maximum atomic E-state index is 12.3. The van der Waals surface area contributed by atoms with Crippen LogP contribution in [0, 0.1) is 6.92 Å². The van der Waals surface area contributed by atoms with Crippen molar-refractivity contribution in [3.05, 3.63) is 29.8 Å². The van der Waals surface area contributed by atoms with Gasteiger partial charge in [0.1, 0.15) is 6.54 Å². The first-order valence-electron chi connectivity index (χ1n) is 6.06. The summed E-state index contributed by atoms with van der Waals surface area (Å²) in [6.45, 7) is 2.99. The maximum Gasteiger partial charge on any atom is 0.248 e. The van der Waals surface area contributed by atoms with Crippen molar-refractivity contribution in [2.24, 2.45) is 0 Å². The molecule has 1 amide bonds. The molecule has 0 unspecified atom stereocenters. The lowest BCUT2D eigenvalue weighted by molar-refractivity contribution is -0.119. The van der Waals surface area contributed by atoms with E-state index in [9.17, 15) is 4.79 Å². The molecule has 0 spiro atoms. The third-order valence-electron chi connectivity index (χ3n) is 3.16. The summed E-state index contributed by atoms with van der Waals surface area (Å²) in [6.07, 6.45) is 7.28. The van der Waals surface area contributed by atoms with Gasteiger partial charge in [-0.05, 0) is 25.3 Å². The van der Waals surface area contributed by atoms with E-state index < -0.39 is 0 Å². The van der Waals surface area contributed by atoms with Gasteiger partial charge in [-0.25, -0.2) is 0 Å². The van der Waals surface area contributed by atoms with Gasteiger partial charge in [0.25, 0.3) is 0 Å². The quantitative estimate of drug-likeness (QED) is 0.854. The van der Waals surface area contributed by atoms with Gasteiger partial charge in [-0.3, -0.25) is 14.6 Å². The number of carbonyl (C=O) groups excluding carboxylic acids is 1. The lowest BCUT2D eigenvalue weighted by atomic mass is 10.1. The Balaban J connectivity index is 1.78. The highest BCUT2D eigenvalue weighted by Crippen LogP contribution is 2.24. The second kappa shape index (κ2) is 4.29. The predicted octanol–water partition coefficient (Wildman–Crippen LogP) is 0.894. The Bertz CT molecular complexity index is 571. The fourth-order valence-corrected chi connectivity index (χ4v) is 2.29. The molecule has 2 aromatic heterocycles. The van der Waals surface area contributed by atoms with Crippen molar-refractivity contribution in [2.75, 3.05) is 11.4 Å². The van der Waals surface area contributed by atoms with Gasteiger partial charge in [0.15, 0.2) is 0 Å². The Labute approximate surface area is 105 Å². The fourth-order valence-electron chi connectivity index (χ4n) is 2.29. The molecule has 2 aromatic rings. The molecule has 1 N–H and O–H groups in total. The molecule has 0 radical (unpaired) electrons. The van der Waals surface area contributed by atoms with Gasteiger partial charge in [-0.1, -0.05) is 0 Å². The van der Waals surface area contributed by atoms with Crippen molar-refractivity contribution < 1.29 is 4.79 Å². The number of nitrogens with zero attached hydrogens (tertiary/aromatic N) is 4. The van der Waals surface area contributed by atoms with Crippen LogP contribution in [0.4, 0.5) is 5.69 Å². The largest absolute Gasteiger partial charge is 0.308 e. The molecule has 6 heteroatoms. The number of carbonyl (C=O) groups is 1. The highest BCUT2D eigenvalue weighted by atomic mass is 16.2. The zero-order valence-corrected chi connectivity index (χ0v) is 10.3. The molecule has 18 heavy (non-hydrogen) atoms. The number of H-pyrrole nitrogens is 1. The minimum atomic E-state index is 0.0560. The SMILES string of the molecule is Cc1cnn(CC(=O)N2CCCc3[nH]ncc32)c1. The lowest BCUT2D eigenvalue weighted by Gasteiger charge is -2.26. The summed E-state index contributed by atoms with van der Waals surface area (Å²) in [4.78, 5) is 14.1. The van der Waals surface area contributed by atoms with Crippen molar-refractivity contribution in [1.82, 2.24) is 20.0 Å². The molecule has 3 rings (SSSR count). The van der Waals surface area contributed by atoms with E-state index >= 15 is 0 Å². The minimum absolute atomic E-state index is 0.0560. The van der Waals surface area contributed by atoms with Crippen molar-refractivity contribution in [3.63, 3.8) is 0 Å². The van der Waals surface area contributed by atoms with Crippen LogP contribution in [0.15, 0.2) is 18.6 Å². The van der Waals surface area contributed by atoms with Gasteiger partial charge in [0.05, 0.1) is 23.8 Å². The Kier molecular flexibility index (Phi) is 2.62. The van der Waals surface area contributed by atoms with Gasteiger partial charge in [-0.2, -0.15) is 10.2 Å². The highest BCUT2D eigenvalue weighted by molar-refractivity contribution is 5.93. The third kappa shape index (κ3) is 1.90. The van der Waals surface area contributed by atoms with Crippen LogP contribution in [0.1, 0.15) is 17.7 Å². The van der Waals surface area contributed by atoms with E-state index in [1.165, 1.54) is 0 Å². The Morgan fingerprint density at radius 1 is 1.50 bits per heavy atom. The van der Waals surface area contributed by atoms with Crippen molar-refractivity contribution in [2.45, 2.75) is 26.3 Å². The maximum absolute atomic E-state index is 12.3. The number of rotatable bonds is 2. The second-order valence-electron chi connectivity index (χ2n) is 4.60. The zero-order chi connectivity index (χ0) is 12.5. The lowest BCUT2D eigenvalue weighted by Crippen LogP contribution is -2.37. The zero-order valence-electron chi connectivity index (χ0n) is 10.3. The van der Waals surface area contributed by atoms with Crippen LogP contribution in [0.3, 0.4) is 0 Å². The normalized spacial score (nSPS) is 14.6. The van der Waals surface area contributed by atoms with Crippen LogP contribution in [-0.2, 0) is 17.8 Å². The average molecular weight is 245 g/mol. The molecule has 0 aliphatic carbocycles. The number of aromatic nitrogens is 4. The Morgan fingerprint density at radius 3 is 3.17 bits per heavy atom. The molecular weight excluding hydrogens is 230 g/mol. The molecule has 0 bridgehead atoms. The number of anilines is 1. The summed E-state index contributed by atoms with van der Waals surface area (Å²) >= 11 is 0. The molecule has 3 heterocycles. The molecule has 0 fully saturated rings. The van der Waals surface area contributed by atoms with Gasteiger partial charge >= 0.3 is 0 Å². The van der Waals surface area contributed by atoms with Gasteiger partial charge in [0.2, 0.25) is 5.91 Å². The smallest absolute Gasteiger partial charge is 0.248 e. The molecule has 94 valence electrons. The monoisotopic (exact) mass is 245 g/mol. The van der Waals surface area contributed by atoms with E-state index in [2.05, 4.69) is 15.3 Å². The Hall–Kier alpha value is -2.11. The molecular formula is C12H15N5O. The van der Waals surface area contributed by atoms with E-state index in [0.29, 0.717) is 0 Å².